The van der Waals surface area contributed by atoms with Crippen LogP contribution < -0.4 is 5.73 Å². The van der Waals surface area contributed by atoms with Gasteiger partial charge in [0.15, 0.2) is 0 Å². The maximum Gasteiger partial charge on any atom is 0.255 e. The molecule has 0 radical (unpaired) electrons. The van der Waals surface area contributed by atoms with Gasteiger partial charge in [-0.05, 0) is 30.4 Å². The molecule has 0 spiro atoms. The largest absolute Gasteiger partial charge is 0.398 e. The zero-order valence-corrected chi connectivity index (χ0v) is 12.5. The number of para-hydroxylation sites is 1. The Bertz CT molecular complexity index is 440. The molecule has 19 heavy (non-hydrogen) atoms. The lowest BCUT2D eigenvalue weighted by molar-refractivity contribution is 0.0601. The van der Waals surface area contributed by atoms with Gasteiger partial charge in [0.25, 0.3) is 5.91 Å². The molecule has 1 heterocycles. The highest BCUT2D eigenvalue weighted by molar-refractivity contribution is 5.99. The predicted molar refractivity (Wildman–Crippen MR) is 81.6 cm³/mol. The zero-order valence-electron chi connectivity index (χ0n) is 11.7. The molecule has 106 valence electrons. The van der Waals surface area contributed by atoms with Crippen LogP contribution >= 0.6 is 12.4 Å². The number of carbonyl (C=O) groups is 1. The maximum absolute atomic E-state index is 12.4. The van der Waals surface area contributed by atoms with E-state index in [1.165, 1.54) is 6.42 Å². The number of hydrogen-bond acceptors (Lipinski definition) is 2. The van der Waals surface area contributed by atoms with E-state index in [1.807, 2.05) is 23.1 Å². The summed E-state index contributed by atoms with van der Waals surface area (Å²) in [5.41, 5.74) is 7.47. The summed E-state index contributed by atoms with van der Waals surface area (Å²) in [7, 11) is 0. The lowest BCUT2D eigenvalue weighted by Crippen LogP contribution is -2.42. The molecular formula is C15H23ClN2O. The van der Waals surface area contributed by atoms with Gasteiger partial charge >= 0.3 is 0 Å². The molecule has 1 aliphatic heterocycles. The van der Waals surface area contributed by atoms with E-state index in [-0.39, 0.29) is 18.3 Å². The smallest absolute Gasteiger partial charge is 0.255 e. The van der Waals surface area contributed by atoms with Gasteiger partial charge in [0.2, 0.25) is 0 Å². The van der Waals surface area contributed by atoms with Crippen molar-refractivity contribution in [2.45, 2.75) is 33.1 Å². The van der Waals surface area contributed by atoms with Crippen LogP contribution in [-0.2, 0) is 0 Å². The van der Waals surface area contributed by atoms with Gasteiger partial charge in [-0.3, -0.25) is 4.79 Å². The zero-order chi connectivity index (χ0) is 13.2. The molecule has 1 amide bonds. The van der Waals surface area contributed by atoms with Gasteiger partial charge in [0.1, 0.15) is 0 Å². The molecule has 0 unspecified atom stereocenters. The summed E-state index contributed by atoms with van der Waals surface area (Å²) >= 11 is 0. The number of nitrogens with two attached hydrogens (primary N) is 1. The summed E-state index contributed by atoms with van der Waals surface area (Å²) in [4.78, 5) is 14.3. The Labute approximate surface area is 121 Å². The van der Waals surface area contributed by atoms with Crippen LogP contribution in [0.15, 0.2) is 24.3 Å². The van der Waals surface area contributed by atoms with Crippen LogP contribution in [0, 0.1) is 5.41 Å². The van der Waals surface area contributed by atoms with E-state index in [4.69, 9.17) is 5.73 Å². The van der Waals surface area contributed by atoms with Crippen LogP contribution in [0.4, 0.5) is 5.69 Å². The van der Waals surface area contributed by atoms with E-state index >= 15 is 0 Å². The number of likely N-dealkylation sites (tertiary alicyclic amines) is 1. The average molecular weight is 283 g/mol. The van der Waals surface area contributed by atoms with Crippen molar-refractivity contribution in [3.8, 4) is 0 Å². The number of nitrogens with zero attached hydrogens (tertiary/aromatic N) is 1. The van der Waals surface area contributed by atoms with Crippen LogP contribution in [0.5, 0.6) is 0 Å². The second kappa shape index (κ2) is 6.29. The second-order valence-electron chi connectivity index (χ2n) is 5.54. The molecule has 0 saturated carbocycles. The molecule has 2 N–H and O–H groups in total. The fourth-order valence-corrected chi connectivity index (χ4v) is 2.47. The standard InChI is InChI=1S/C15H22N2O.ClH/c1-3-15(2)8-10-17(11-9-15)14(18)12-6-4-5-7-13(12)16;/h4-7H,3,8-11,16H2,1-2H3;1H. The molecule has 1 aliphatic rings. The molecule has 0 aromatic heterocycles. The molecule has 4 heteroatoms. The summed E-state index contributed by atoms with van der Waals surface area (Å²) < 4.78 is 0. The van der Waals surface area contributed by atoms with Crippen molar-refractivity contribution in [2.75, 3.05) is 18.8 Å². The summed E-state index contributed by atoms with van der Waals surface area (Å²) in [6.45, 7) is 6.23. The Morgan fingerprint density at radius 3 is 2.42 bits per heavy atom. The summed E-state index contributed by atoms with van der Waals surface area (Å²) in [5, 5.41) is 0. The van der Waals surface area contributed by atoms with Gasteiger partial charge in [-0.15, -0.1) is 12.4 Å². The number of amides is 1. The van der Waals surface area contributed by atoms with E-state index < -0.39 is 0 Å². The number of hydrogen-bond donors (Lipinski definition) is 1. The number of piperidine rings is 1. The van der Waals surface area contributed by atoms with E-state index in [1.54, 1.807) is 6.07 Å². The fraction of sp³-hybridized carbons (Fsp3) is 0.533. The highest BCUT2D eigenvalue weighted by Gasteiger charge is 2.30. The van der Waals surface area contributed by atoms with Gasteiger partial charge in [0, 0.05) is 18.8 Å². The number of halogens is 1. The Hall–Kier alpha value is -1.22. The topological polar surface area (TPSA) is 46.3 Å². The lowest BCUT2D eigenvalue weighted by Gasteiger charge is -2.39. The number of carbonyl (C=O) groups excluding carboxylic acids is 1. The van der Waals surface area contributed by atoms with Gasteiger partial charge < -0.3 is 10.6 Å². The van der Waals surface area contributed by atoms with Crippen molar-refractivity contribution in [3.05, 3.63) is 29.8 Å². The molecule has 0 atom stereocenters. The second-order valence-corrected chi connectivity index (χ2v) is 5.54. The minimum Gasteiger partial charge on any atom is -0.398 e. The van der Waals surface area contributed by atoms with Crippen molar-refractivity contribution in [1.82, 2.24) is 4.90 Å². The van der Waals surface area contributed by atoms with E-state index in [0.29, 0.717) is 16.7 Å². The summed E-state index contributed by atoms with van der Waals surface area (Å²) in [6, 6.07) is 7.32. The first-order chi connectivity index (χ1) is 8.56. The summed E-state index contributed by atoms with van der Waals surface area (Å²) in [5.74, 6) is 0.0752. The first kappa shape index (κ1) is 15.8. The molecule has 0 bridgehead atoms. The summed E-state index contributed by atoms with van der Waals surface area (Å²) in [6.07, 6.45) is 3.35. The monoisotopic (exact) mass is 282 g/mol. The van der Waals surface area contributed by atoms with Crippen LogP contribution in [0.25, 0.3) is 0 Å². The lowest BCUT2D eigenvalue weighted by atomic mass is 9.78. The van der Waals surface area contributed by atoms with Gasteiger partial charge in [-0.2, -0.15) is 0 Å². The van der Waals surface area contributed by atoms with Crippen molar-refractivity contribution in [3.63, 3.8) is 0 Å². The van der Waals surface area contributed by atoms with Crippen molar-refractivity contribution < 1.29 is 4.79 Å². The Morgan fingerprint density at radius 2 is 1.89 bits per heavy atom. The molecule has 1 aromatic carbocycles. The van der Waals surface area contributed by atoms with E-state index in [2.05, 4.69) is 13.8 Å². The van der Waals surface area contributed by atoms with Crippen molar-refractivity contribution in [2.24, 2.45) is 5.41 Å². The van der Waals surface area contributed by atoms with Gasteiger partial charge in [-0.1, -0.05) is 32.4 Å². The molecule has 0 aliphatic carbocycles. The Balaban J connectivity index is 0.00000180. The van der Waals surface area contributed by atoms with Crippen molar-refractivity contribution in [1.29, 1.82) is 0 Å². The highest BCUT2D eigenvalue weighted by atomic mass is 35.5. The van der Waals surface area contributed by atoms with Gasteiger partial charge in [0.05, 0.1) is 5.56 Å². The number of rotatable bonds is 2. The van der Waals surface area contributed by atoms with Crippen LogP contribution in [0.2, 0.25) is 0 Å². The van der Waals surface area contributed by atoms with Crippen molar-refractivity contribution >= 4 is 24.0 Å². The molecule has 1 fully saturated rings. The molecule has 1 aromatic rings. The molecular weight excluding hydrogens is 260 g/mol. The molecule has 2 rings (SSSR count). The average Bonchev–Trinajstić information content (AvgIpc) is 2.39. The number of nitrogen functional groups attached to an aromatic ring is 1. The minimum absolute atomic E-state index is 0. The van der Waals surface area contributed by atoms with E-state index in [0.717, 1.165) is 25.9 Å². The fourth-order valence-electron chi connectivity index (χ4n) is 2.47. The normalized spacial score (nSPS) is 17.7. The maximum atomic E-state index is 12.4. The first-order valence-electron chi connectivity index (χ1n) is 6.69. The quantitative estimate of drug-likeness (QED) is 0.846. The minimum atomic E-state index is 0. The third kappa shape index (κ3) is 3.41. The SMILES string of the molecule is CCC1(C)CCN(C(=O)c2ccccc2N)CC1.Cl. The highest BCUT2D eigenvalue weighted by Crippen LogP contribution is 2.34. The Kier molecular flexibility index (Phi) is 5.24. The van der Waals surface area contributed by atoms with E-state index in [9.17, 15) is 4.79 Å². The third-order valence-corrected chi connectivity index (χ3v) is 4.30. The van der Waals surface area contributed by atoms with Gasteiger partial charge in [-0.25, -0.2) is 0 Å². The number of anilines is 1. The predicted octanol–water partition coefficient (Wildman–Crippen LogP) is 3.34. The third-order valence-electron chi connectivity index (χ3n) is 4.30. The Morgan fingerprint density at radius 1 is 1.32 bits per heavy atom. The first-order valence-corrected chi connectivity index (χ1v) is 6.69. The van der Waals surface area contributed by atoms with Crippen LogP contribution in [0.1, 0.15) is 43.5 Å². The van der Waals surface area contributed by atoms with Crippen LogP contribution in [-0.4, -0.2) is 23.9 Å². The van der Waals surface area contributed by atoms with Crippen LogP contribution in [0.3, 0.4) is 0 Å². The molecule has 3 nitrogen and oxygen atoms in total. The molecule has 1 saturated heterocycles. The number of benzene rings is 1.